The van der Waals surface area contributed by atoms with Crippen molar-refractivity contribution in [3.8, 4) is 11.5 Å². The van der Waals surface area contributed by atoms with Crippen LogP contribution in [-0.2, 0) is 0 Å². The maximum absolute atomic E-state index is 13.2. The first kappa shape index (κ1) is 13.0. The van der Waals surface area contributed by atoms with Crippen LogP contribution in [0.1, 0.15) is 16.8 Å². The van der Waals surface area contributed by atoms with Gasteiger partial charge in [-0.3, -0.25) is 4.79 Å². The summed E-state index contributed by atoms with van der Waals surface area (Å²) < 4.78 is 37.2. The summed E-state index contributed by atoms with van der Waals surface area (Å²) in [6.45, 7) is 0.112. The largest absolute Gasteiger partial charge is 0.485 e. The molecule has 7 heteroatoms. The van der Waals surface area contributed by atoms with E-state index in [1.54, 1.807) is 0 Å². The Balaban J connectivity index is 1.93. The summed E-state index contributed by atoms with van der Waals surface area (Å²) in [5.74, 6) is -2.74. The highest BCUT2D eigenvalue weighted by Gasteiger charge is 2.41. The number of benzene rings is 1. The highest BCUT2D eigenvalue weighted by Crippen LogP contribution is 2.40. The van der Waals surface area contributed by atoms with Crippen LogP contribution in [0.3, 0.4) is 0 Å². The number of carbonyl (C=O) groups excluding carboxylic acids is 1. The van der Waals surface area contributed by atoms with Gasteiger partial charge in [0.05, 0.1) is 17.8 Å². The quantitative estimate of drug-likeness (QED) is 0.794. The zero-order valence-corrected chi connectivity index (χ0v) is 10.7. The standard InChI is InChI=1S/C13H14F2N2O3/c14-13(15)3-4-17(7-13)12(18)8-1-2-9(16)11-10(8)19-5-6-20-11/h1-2H,3-7,16H2. The third-order valence-electron chi connectivity index (χ3n) is 3.41. The maximum Gasteiger partial charge on any atom is 0.267 e. The Kier molecular flexibility index (Phi) is 2.92. The van der Waals surface area contributed by atoms with Crippen LogP contribution in [0.2, 0.25) is 0 Å². The van der Waals surface area contributed by atoms with Gasteiger partial charge in [0, 0.05) is 13.0 Å². The Labute approximate surface area is 114 Å². The first-order valence-corrected chi connectivity index (χ1v) is 6.33. The van der Waals surface area contributed by atoms with E-state index < -0.39 is 18.4 Å². The number of amides is 1. The number of ether oxygens (including phenoxy) is 2. The lowest BCUT2D eigenvalue weighted by atomic mass is 10.1. The van der Waals surface area contributed by atoms with Crippen molar-refractivity contribution in [2.75, 3.05) is 32.0 Å². The lowest BCUT2D eigenvalue weighted by Gasteiger charge is -2.24. The first-order chi connectivity index (χ1) is 9.48. The minimum Gasteiger partial charge on any atom is -0.485 e. The lowest BCUT2D eigenvalue weighted by molar-refractivity contribution is 0.0119. The number of likely N-dealkylation sites (tertiary alicyclic amines) is 1. The molecule has 0 bridgehead atoms. The van der Waals surface area contributed by atoms with E-state index in [0.29, 0.717) is 24.7 Å². The molecule has 1 saturated heterocycles. The van der Waals surface area contributed by atoms with Crippen molar-refractivity contribution < 1.29 is 23.0 Å². The molecule has 0 radical (unpaired) electrons. The van der Waals surface area contributed by atoms with Crippen molar-refractivity contribution in [2.45, 2.75) is 12.3 Å². The van der Waals surface area contributed by atoms with Crippen LogP contribution in [0, 0.1) is 0 Å². The summed E-state index contributed by atoms with van der Waals surface area (Å²) in [5, 5.41) is 0. The molecule has 2 N–H and O–H groups in total. The molecule has 0 aromatic heterocycles. The zero-order chi connectivity index (χ0) is 14.3. The van der Waals surface area contributed by atoms with Gasteiger partial charge in [-0.05, 0) is 12.1 Å². The fraction of sp³-hybridized carbons (Fsp3) is 0.462. The molecule has 1 aromatic carbocycles. The van der Waals surface area contributed by atoms with Crippen molar-refractivity contribution in [1.82, 2.24) is 4.90 Å². The van der Waals surface area contributed by atoms with Crippen LogP contribution in [0.25, 0.3) is 0 Å². The molecule has 0 unspecified atom stereocenters. The van der Waals surface area contributed by atoms with Crippen LogP contribution in [-0.4, -0.2) is 43.0 Å². The minimum absolute atomic E-state index is 0.0336. The first-order valence-electron chi connectivity index (χ1n) is 6.33. The smallest absolute Gasteiger partial charge is 0.267 e. The average Bonchev–Trinajstić information content (AvgIpc) is 2.79. The maximum atomic E-state index is 13.2. The van der Waals surface area contributed by atoms with Gasteiger partial charge in [-0.1, -0.05) is 0 Å². The second-order valence-electron chi connectivity index (χ2n) is 4.89. The summed E-state index contributed by atoms with van der Waals surface area (Å²) in [7, 11) is 0. The van der Waals surface area contributed by atoms with Gasteiger partial charge in [0.1, 0.15) is 13.2 Å². The van der Waals surface area contributed by atoms with Crippen LogP contribution in [0.5, 0.6) is 11.5 Å². The van der Waals surface area contributed by atoms with Gasteiger partial charge in [-0.25, -0.2) is 8.78 Å². The van der Waals surface area contributed by atoms with Gasteiger partial charge in [0.15, 0.2) is 11.5 Å². The Morgan fingerprint density at radius 1 is 1.25 bits per heavy atom. The molecule has 1 amide bonds. The third kappa shape index (κ3) is 2.13. The van der Waals surface area contributed by atoms with Crippen LogP contribution in [0.4, 0.5) is 14.5 Å². The molecule has 0 aliphatic carbocycles. The van der Waals surface area contributed by atoms with Gasteiger partial charge in [0.2, 0.25) is 0 Å². The van der Waals surface area contributed by atoms with E-state index in [2.05, 4.69) is 0 Å². The number of carbonyl (C=O) groups is 1. The lowest BCUT2D eigenvalue weighted by Crippen LogP contribution is -2.32. The summed E-state index contributed by atoms with van der Waals surface area (Å²) in [4.78, 5) is 13.5. The highest BCUT2D eigenvalue weighted by molar-refractivity contribution is 5.99. The molecule has 2 aliphatic rings. The molecular weight excluding hydrogens is 270 g/mol. The third-order valence-corrected chi connectivity index (χ3v) is 3.41. The average molecular weight is 284 g/mol. The zero-order valence-electron chi connectivity index (χ0n) is 10.7. The number of nitrogens with two attached hydrogens (primary N) is 1. The molecular formula is C13H14F2N2O3. The second kappa shape index (κ2) is 4.50. The van der Waals surface area contributed by atoms with Gasteiger partial charge in [-0.2, -0.15) is 0 Å². The topological polar surface area (TPSA) is 64.8 Å². The Bertz CT molecular complexity index is 563. The fourth-order valence-electron chi connectivity index (χ4n) is 2.41. The molecule has 0 spiro atoms. The molecule has 3 rings (SSSR count). The molecule has 1 fully saturated rings. The SMILES string of the molecule is Nc1ccc(C(=O)N2CCC(F)(F)C2)c2c1OCCO2. The summed E-state index contributed by atoms with van der Waals surface area (Å²) in [5.41, 5.74) is 6.34. The van der Waals surface area contributed by atoms with Crippen molar-refractivity contribution in [2.24, 2.45) is 0 Å². The molecule has 5 nitrogen and oxygen atoms in total. The predicted octanol–water partition coefficient (Wildman–Crippen LogP) is 1.52. The monoisotopic (exact) mass is 284 g/mol. The number of rotatable bonds is 1. The number of anilines is 1. The number of halogens is 2. The molecule has 1 aromatic rings. The van der Waals surface area contributed by atoms with E-state index in [1.165, 1.54) is 12.1 Å². The Morgan fingerprint density at radius 2 is 1.95 bits per heavy atom. The Morgan fingerprint density at radius 3 is 2.60 bits per heavy atom. The predicted molar refractivity (Wildman–Crippen MR) is 67.3 cm³/mol. The van der Waals surface area contributed by atoms with Gasteiger partial charge in [0.25, 0.3) is 11.8 Å². The van der Waals surface area contributed by atoms with E-state index >= 15 is 0 Å². The van der Waals surface area contributed by atoms with Gasteiger partial charge in [-0.15, -0.1) is 0 Å². The van der Waals surface area contributed by atoms with E-state index in [0.717, 1.165) is 4.90 Å². The number of fused-ring (bicyclic) bond motifs is 1. The number of alkyl halides is 2. The van der Waals surface area contributed by atoms with Crippen molar-refractivity contribution in [1.29, 1.82) is 0 Å². The minimum atomic E-state index is -2.82. The van der Waals surface area contributed by atoms with Crippen LogP contribution in [0.15, 0.2) is 12.1 Å². The van der Waals surface area contributed by atoms with Crippen molar-refractivity contribution >= 4 is 11.6 Å². The Hall–Kier alpha value is -2.05. The fourth-order valence-corrected chi connectivity index (χ4v) is 2.41. The van der Waals surface area contributed by atoms with Crippen LogP contribution >= 0.6 is 0 Å². The summed E-state index contributed by atoms with van der Waals surface area (Å²) in [6.07, 6.45) is -0.312. The van der Waals surface area contributed by atoms with Crippen molar-refractivity contribution in [3.63, 3.8) is 0 Å². The number of hydrogen-bond donors (Lipinski definition) is 1. The van der Waals surface area contributed by atoms with E-state index in [4.69, 9.17) is 15.2 Å². The van der Waals surface area contributed by atoms with E-state index in [-0.39, 0.29) is 24.3 Å². The molecule has 20 heavy (non-hydrogen) atoms. The number of hydrogen-bond acceptors (Lipinski definition) is 4. The summed E-state index contributed by atoms with van der Waals surface area (Å²) in [6, 6.07) is 3.01. The number of nitrogens with zero attached hydrogens (tertiary/aromatic N) is 1. The summed E-state index contributed by atoms with van der Waals surface area (Å²) >= 11 is 0. The van der Waals surface area contributed by atoms with E-state index in [1.807, 2.05) is 0 Å². The molecule has 2 aliphatic heterocycles. The van der Waals surface area contributed by atoms with Gasteiger partial charge < -0.3 is 20.1 Å². The van der Waals surface area contributed by atoms with Gasteiger partial charge >= 0.3 is 0 Å². The van der Waals surface area contributed by atoms with Crippen molar-refractivity contribution in [3.05, 3.63) is 17.7 Å². The molecule has 2 heterocycles. The van der Waals surface area contributed by atoms with Crippen LogP contribution < -0.4 is 15.2 Å². The second-order valence-corrected chi connectivity index (χ2v) is 4.89. The molecule has 0 saturated carbocycles. The highest BCUT2D eigenvalue weighted by atomic mass is 19.3. The number of nitrogen functional groups attached to an aromatic ring is 1. The molecule has 0 atom stereocenters. The van der Waals surface area contributed by atoms with E-state index in [9.17, 15) is 13.6 Å². The normalized spacial score (nSPS) is 20.0. The molecule has 108 valence electrons.